The van der Waals surface area contributed by atoms with Crippen LogP contribution in [0.3, 0.4) is 0 Å². The highest BCUT2D eigenvalue weighted by Gasteiger charge is 2.20. The molecular formula is C13H16N6O3S. The fourth-order valence-corrected chi connectivity index (χ4v) is 2.57. The quantitative estimate of drug-likeness (QED) is 0.593. The van der Waals surface area contributed by atoms with Crippen LogP contribution in [0.2, 0.25) is 0 Å². The first-order chi connectivity index (χ1) is 10.9. The normalized spacial score (nSPS) is 12.0. The molecule has 9 nitrogen and oxygen atoms in total. The SMILES string of the molecule is C[C@@H](CN)NC(=O)c1ccc(Sc2nncn2C)c([N+](=O)[O-])c1. The predicted molar refractivity (Wildman–Crippen MR) is 84.2 cm³/mol. The second-order valence-electron chi connectivity index (χ2n) is 4.88. The summed E-state index contributed by atoms with van der Waals surface area (Å²) in [5.74, 6) is -0.402. The third-order valence-corrected chi connectivity index (χ3v) is 4.14. The summed E-state index contributed by atoms with van der Waals surface area (Å²) in [6, 6.07) is 4.09. The molecule has 1 heterocycles. The summed E-state index contributed by atoms with van der Waals surface area (Å²) in [6.07, 6.45) is 1.50. The molecule has 0 bridgehead atoms. The van der Waals surface area contributed by atoms with E-state index in [1.165, 1.54) is 24.5 Å². The van der Waals surface area contributed by atoms with Crippen molar-refractivity contribution in [3.8, 4) is 0 Å². The minimum Gasteiger partial charge on any atom is -0.348 e. The lowest BCUT2D eigenvalue weighted by atomic mass is 10.1. The lowest BCUT2D eigenvalue weighted by molar-refractivity contribution is -0.387. The molecule has 2 rings (SSSR count). The zero-order valence-electron chi connectivity index (χ0n) is 12.6. The number of benzene rings is 1. The van der Waals surface area contributed by atoms with Crippen LogP contribution in [-0.4, -0.2) is 38.2 Å². The molecule has 1 aromatic carbocycles. The molecule has 0 unspecified atom stereocenters. The van der Waals surface area contributed by atoms with Gasteiger partial charge in [-0.2, -0.15) is 0 Å². The molecule has 0 saturated carbocycles. The Morgan fingerprint density at radius 2 is 2.30 bits per heavy atom. The largest absolute Gasteiger partial charge is 0.348 e. The summed E-state index contributed by atoms with van der Waals surface area (Å²) in [5.41, 5.74) is 5.50. The summed E-state index contributed by atoms with van der Waals surface area (Å²) in [6.45, 7) is 2.04. The first-order valence-electron chi connectivity index (χ1n) is 6.73. The average Bonchev–Trinajstić information content (AvgIpc) is 2.92. The number of amides is 1. The van der Waals surface area contributed by atoms with Crippen LogP contribution in [0.25, 0.3) is 0 Å². The Morgan fingerprint density at radius 1 is 1.57 bits per heavy atom. The van der Waals surface area contributed by atoms with Gasteiger partial charge in [0.15, 0.2) is 5.16 Å². The Balaban J connectivity index is 2.30. The van der Waals surface area contributed by atoms with E-state index in [9.17, 15) is 14.9 Å². The van der Waals surface area contributed by atoms with Crippen LogP contribution >= 0.6 is 11.8 Å². The van der Waals surface area contributed by atoms with Gasteiger partial charge >= 0.3 is 0 Å². The van der Waals surface area contributed by atoms with Gasteiger partial charge in [0.2, 0.25) is 0 Å². The van der Waals surface area contributed by atoms with Gasteiger partial charge in [0.1, 0.15) is 6.33 Å². The van der Waals surface area contributed by atoms with E-state index in [2.05, 4.69) is 15.5 Å². The lowest BCUT2D eigenvalue weighted by Gasteiger charge is -2.11. The lowest BCUT2D eigenvalue weighted by Crippen LogP contribution is -2.37. The van der Waals surface area contributed by atoms with Crippen molar-refractivity contribution in [1.82, 2.24) is 20.1 Å². The average molecular weight is 336 g/mol. The first kappa shape index (κ1) is 16.9. The second-order valence-corrected chi connectivity index (χ2v) is 5.89. The number of nitrogens with two attached hydrogens (primary N) is 1. The molecule has 0 radical (unpaired) electrons. The Kier molecular flexibility index (Phi) is 5.29. The number of nitrogens with one attached hydrogen (secondary N) is 1. The van der Waals surface area contributed by atoms with E-state index < -0.39 is 10.8 Å². The van der Waals surface area contributed by atoms with Gasteiger partial charge < -0.3 is 15.6 Å². The highest BCUT2D eigenvalue weighted by Crippen LogP contribution is 2.34. The number of carbonyl (C=O) groups excluding carboxylic acids is 1. The number of nitrogens with zero attached hydrogens (tertiary/aromatic N) is 4. The molecule has 0 saturated heterocycles. The van der Waals surface area contributed by atoms with Crippen molar-refractivity contribution in [3.63, 3.8) is 0 Å². The minimum atomic E-state index is -0.526. The molecular weight excluding hydrogens is 320 g/mol. The molecule has 1 amide bonds. The second kappa shape index (κ2) is 7.20. The first-order valence-corrected chi connectivity index (χ1v) is 7.55. The van der Waals surface area contributed by atoms with Crippen LogP contribution in [0.15, 0.2) is 34.6 Å². The van der Waals surface area contributed by atoms with Crippen LogP contribution in [0.4, 0.5) is 5.69 Å². The van der Waals surface area contributed by atoms with Crippen LogP contribution < -0.4 is 11.1 Å². The van der Waals surface area contributed by atoms with Gasteiger partial charge in [0.05, 0.1) is 9.82 Å². The van der Waals surface area contributed by atoms with Crippen molar-refractivity contribution in [2.75, 3.05) is 6.54 Å². The van der Waals surface area contributed by atoms with Crippen molar-refractivity contribution < 1.29 is 9.72 Å². The topological polar surface area (TPSA) is 129 Å². The van der Waals surface area contributed by atoms with Crippen molar-refractivity contribution in [1.29, 1.82) is 0 Å². The highest BCUT2D eigenvalue weighted by atomic mass is 32.2. The number of nitro groups is 1. The maximum absolute atomic E-state index is 12.0. The summed E-state index contributed by atoms with van der Waals surface area (Å²) in [7, 11) is 1.74. The van der Waals surface area contributed by atoms with Gasteiger partial charge in [-0.1, -0.05) is 0 Å². The molecule has 10 heteroatoms. The summed E-state index contributed by atoms with van der Waals surface area (Å²) >= 11 is 1.11. The summed E-state index contributed by atoms with van der Waals surface area (Å²) < 4.78 is 1.65. The van der Waals surface area contributed by atoms with Gasteiger partial charge in [-0.25, -0.2) is 0 Å². The third-order valence-electron chi connectivity index (χ3n) is 3.02. The molecule has 1 aromatic heterocycles. The van der Waals surface area contributed by atoms with Gasteiger partial charge in [-0.3, -0.25) is 14.9 Å². The molecule has 0 spiro atoms. The van der Waals surface area contributed by atoms with Crippen LogP contribution in [0.5, 0.6) is 0 Å². The van der Waals surface area contributed by atoms with E-state index in [0.717, 1.165) is 11.8 Å². The maximum Gasteiger partial charge on any atom is 0.284 e. The van der Waals surface area contributed by atoms with E-state index >= 15 is 0 Å². The number of hydrogen-bond acceptors (Lipinski definition) is 7. The molecule has 0 aliphatic carbocycles. The summed E-state index contributed by atoms with van der Waals surface area (Å²) in [5, 5.41) is 22.1. The van der Waals surface area contributed by atoms with Gasteiger partial charge in [-0.15, -0.1) is 10.2 Å². The molecule has 3 N–H and O–H groups in total. The predicted octanol–water partition coefficient (Wildman–Crippen LogP) is 0.951. The number of hydrogen-bond donors (Lipinski definition) is 2. The van der Waals surface area contributed by atoms with Crippen LogP contribution in [-0.2, 0) is 7.05 Å². The molecule has 0 fully saturated rings. The molecule has 23 heavy (non-hydrogen) atoms. The molecule has 0 aliphatic rings. The Labute approximate surface area is 136 Å². The Hall–Kier alpha value is -2.46. The van der Waals surface area contributed by atoms with E-state index in [-0.39, 0.29) is 23.8 Å². The minimum absolute atomic E-state index is 0.161. The Bertz CT molecular complexity index is 732. The van der Waals surface area contributed by atoms with E-state index in [4.69, 9.17) is 5.73 Å². The summed E-state index contributed by atoms with van der Waals surface area (Å²) in [4.78, 5) is 23.2. The molecule has 0 aliphatic heterocycles. The highest BCUT2D eigenvalue weighted by molar-refractivity contribution is 7.99. The van der Waals surface area contributed by atoms with Crippen molar-refractivity contribution in [2.45, 2.75) is 23.0 Å². The number of nitro benzene ring substituents is 1. The zero-order chi connectivity index (χ0) is 17.0. The maximum atomic E-state index is 12.0. The monoisotopic (exact) mass is 336 g/mol. The number of aryl methyl sites for hydroxylation is 1. The number of aromatic nitrogens is 3. The fraction of sp³-hybridized carbons (Fsp3) is 0.308. The van der Waals surface area contributed by atoms with Crippen molar-refractivity contribution >= 4 is 23.4 Å². The fourth-order valence-electron chi connectivity index (χ4n) is 1.72. The van der Waals surface area contributed by atoms with Crippen LogP contribution in [0, 0.1) is 10.1 Å². The molecule has 2 aromatic rings. The third kappa shape index (κ3) is 4.05. The molecule has 122 valence electrons. The zero-order valence-corrected chi connectivity index (χ0v) is 13.4. The molecule has 1 atom stereocenters. The van der Waals surface area contributed by atoms with Gasteiger partial charge in [0.25, 0.3) is 11.6 Å². The number of carbonyl (C=O) groups is 1. The van der Waals surface area contributed by atoms with E-state index in [0.29, 0.717) is 10.1 Å². The van der Waals surface area contributed by atoms with Crippen molar-refractivity contribution in [2.24, 2.45) is 12.8 Å². The smallest absolute Gasteiger partial charge is 0.284 e. The Morgan fingerprint density at radius 3 is 2.87 bits per heavy atom. The van der Waals surface area contributed by atoms with Gasteiger partial charge in [-0.05, 0) is 30.8 Å². The van der Waals surface area contributed by atoms with Crippen molar-refractivity contribution in [3.05, 3.63) is 40.2 Å². The van der Waals surface area contributed by atoms with E-state index in [1.54, 1.807) is 18.5 Å². The standard InChI is InChI=1S/C13H16N6O3S/c1-8(6-14)16-12(20)9-3-4-11(10(5-9)19(21)22)23-13-17-15-7-18(13)2/h3-5,7-8H,6,14H2,1-2H3,(H,16,20)/t8-/m0/s1. The van der Waals surface area contributed by atoms with Crippen LogP contribution in [0.1, 0.15) is 17.3 Å². The van der Waals surface area contributed by atoms with E-state index in [1.807, 2.05) is 0 Å². The number of rotatable bonds is 6. The van der Waals surface area contributed by atoms with Gasteiger partial charge in [0, 0.05) is 31.3 Å².